The second kappa shape index (κ2) is 4.55. The first-order valence-electron chi connectivity index (χ1n) is 5.59. The average molecular weight is 288 g/mol. The van der Waals surface area contributed by atoms with Crippen molar-refractivity contribution >= 4 is 33.0 Å². The first-order chi connectivity index (χ1) is 8.29. The quantitative estimate of drug-likeness (QED) is 0.928. The van der Waals surface area contributed by atoms with Crippen molar-refractivity contribution in [3.05, 3.63) is 23.2 Å². The Hall–Kier alpha value is -1.07. The number of carbonyl (C=O) groups excluding carboxylic acids is 1. The topological polar surface area (TPSA) is 63.2 Å². The molecule has 1 aromatic rings. The smallest absolute Gasteiger partial charge is 0.227 e. The molecule has 1 aromatic carbocycles. The number of anilines is 1. The van der Waals surface area contributed by atoms with Gasteiger partial charge in [0, 0.05) is 12.2 Å². The summed E-state index contributed by atoms with van der Waals surface area (Å²) < 4.78 is 22.8. The number of benzene rings is 1. The highest BCUT2D eigenvalue weighted by Gasteiger charge is 2.39. The summed E-state index contributed by atoms with van der Waals surface area (Å²) in [6.45, 7) is 2.00. The Bertz CT molecular complexity index is 597. The van der Waals surface area contributed by atoms with Crippen LogP contribution in [0, 0.1) is 11.8 Å². The standard InChI is InChI=1S/C12H14ClNO3S/c1-7-5-9(7)12(15)14-11-6-8(18(2,16)17)3-4-10(11)13/h3-4,6-7,9H,5H2,1-2H3,(H,14,15)/t7-,9+/m1/s1. The van der Waals surface area contributed by atoms with E-state index >= 15 is 0 Å². The summed E-state index contributed by atoms with van der Waals surface area (Å²) in [6.07, 6.45) is 1.99. The van der Waals surface area contributed by atoms with Gasteiger partial charge in [0.15, 0.2) is 9.84 Å². The van der Waals surface area contributed by atoms with E-state index in [2.05, 4.69) is 5.32 Å². The second-order valence-electron chi connectivity index (χ2n) is 4.72. The molecule has 1 fully saturated rings. The van der Waals surface area contributed by atoms with Gasteiger partial charge in [-0.25, -0.2) is 8.42 Å². The van der Waals surface area contributed by atoms with Crippen LogP contribution in [0.15, 0.2) is 23.1 Å². The number of halogens is 1. The van der Waals surface area contributed by atoms with Crippen LogP contribution in [0.25, 0.3) is 0 Å². The second-order valence-corrected chi connectivity index (χ2v) is 7.15. The van der Waals surface area contributed by atoms with Crippen LogP contribution in [0.2, 0.25) is 5.02 Å². The summed E-state index contributed by atoms with van der Waals surface area (Å²) >= 11 is 5.94. The molecule has 0 bridgehead atoms. The molecule has 18 heavy (non-hydrogen) atoms. The summed E-state index contributed by atoms with van der Waals surface area (Å²) in [6, 6.07) is 4.29. The van der Waals surface area contributed by atoms with Crippen molar-refractivity contribution in [2.24, 2.45) is 11.8 Å². The van der Waals surface area contributed by atoms with Crippen LogP contribution >= 0.6 is 11.6 Å². The van der Waals surface area contributed by atoms with Crippen molar-refractivity contribution in [3.63, 3.8) is 0 Å². The van der Waals surface area contributed by atoms with Crippen LogP contribution in [0.5, 0.6) is 0 Å². The molecule has 2 rings (SSSR count). The minimum atomic E-state index is -3.30. The van der Waals surface area contributed by atoms with Gasteiger partial charge in [-0.3, -0.25) is 4.79 Å². The molecule has 2 atom stereocenters. The van der Waals surface area contributed by atoms with E-state index in [0.717, 1.165) is 12.7 Å². The number of rotatable bonds is 3. The summed E-state index contributed by atoms with van der Waals surface area (Å²) in [5.41, 5.74) is 0.351. The maximum Gasteiger partial charge on any atom is 0.227 e. The molecule has 6 heteroatoms. The Labute approximate surface area is 111 Å². The molecular weight excluding hydrogens is 274 g/mol. The van der Waals surface area contributed by atoms with Gasteiger partial charge in [-0.2, -0.15) is 0 Å². The van der Waals surface area contributed by atoms with Gasteiger partial charge in [-0.05, 0) is 30.5 Å². The zero-order chi connectivity index (χ0) is 13.5. The van der Waals surface area contributed by atoms with E-state index in [1.54, 1.807) is 0 Å². The van der Waals surface area contributed by atoms with E-state index in [-0.39, 0.29) is 16.7 Å². The summed E-state index contributed by atoms with van der Waals surface area (Å²) in [7, 11) is -3.30. The Balaban J connectivity index is 2.24. The van der Waals surface area contributed by atoms with Crippen LogP contribution in [0.1, 0.15) is 13.3 Å². The molecule has 0 spiro atoms. The van der Waals surface area contributed by atoms with E-state index in [1.165, 1.54) is 18.2 Å². The minimum Gasteiger partial charge on any atom is -0.324 e. The molecule has 0 unspecified atom stereocenters. The fourth-order valence-corrected chi connectivity index (χ4v) is 2.56. The van der Waals surface area contributed by atoms with Crippen LogP contribution in [-0.4, -0.2) is 20.6 Å². The van der Waals surface area contributed by atoms with Gasteiger partial charge in [0.25, 0.3) is 0 Å². The third-order valence-electron chi connectivity index (χ3n) is 3.07. The Morgan fingerprint density at radius 2 is 2.06 bits per heavy atom. The predicted molar refractivity (Wildman–Crippen MR) is 70.5 cm³/mol. The number of hydrogen-bond donors (Lipinski definition) is 1. The van der Waals surface area contributed by atoms with Crippen molar-refractivity contribution in [3.8, 4) is 0 Å². The predicted octanol–water partition coefficient (Wildman–Crippen LogP) is 2.34. The highest BCUT2D eigenvalue weighted by molar-refractivity contribution is 7.90. The lowest BCUT2D eigenvalue weighted by Crippen LogP contribution is -2.15. The van der Waals surface area contributed by atoms with E-state index < -0.39 is 9.84 Å². The average Bonchev–Trinajstić information content (AvgIpc) is 2.97. The summed E-state index contributed by atoms with van der Waals surface area (Å²) in [5.74, 6) is 0.305. The summed E-state index contributed by atoms with van der Waals surface area (Å²) in [5, 5.41) is 3.02. The van der Waals surface area contributed by atoms with E-state index in [9.17, 15) is 13.2 Å². The van der Waals surface area contributed by atoms with Gasteiger partial charge in [-0.15, -0.1) is 0 Å². The maximum atomic E-state index is 11.8. The Morgan fingerprint density at radius 1 is 1.44 bits per heavy atom. The lowest BCUT2D eigenvalue weighted by molar-refractivity contribution is -0.117. The van der Waals surface area contributed by atoms with Crippen molar-refractivity contribution < 1.29 is 13.2 Å². The molecule has 0 heterocycles. The van der Waals surface area contributed by atoms with Gasteiger partial charge in [0.1, 0.15) is 0 Å². The molecule has 1 saturated carbocycles. The Morgan fingerprint density at radius 3 is 2.56 bits per heavy atom. The largest absolute Gasteiger partial charge is 0.324 e. The zero-order valence-electron chi connectivity index (χ0n) is 10.1. The number of carbonyl (C=O) groups is 1. The number of hydrogen-bond acceptors (Lipinski definition) is 3. The normalized spacial score (nSPS) is 22.6. The molecule has 1 N–H and O–H groups in total. The first kappa shape index (κ1) is 13.4. The van der Waals surface area contributed by atoms with Gasteiger partial charge >= 0.3 is 0 Å². The SMILES string of the molecule is C[C@@H]1C[C@@H]1C(=O)Nc1cc(S(C)(=O)=O)ccc1Cl. The monoisotopic (exact) mass is 287 g/mol. The molecular formula is C12H14ClNO3S. The van der Waals surface area contributed by atoms with Crippen LogP contribution in [0.3, 0.4) is 0 Å². The van der Waals surface area contributed by atoms with E-state index in [4.69, 9.17) is 11.6 Å². The molecule has 0 radical (unpaired) electrons. The van der Waals surface area contributed by atoms with Crippen molar-refractivity contribution in [1.82, 2.24) is 0 Å². The van der Waals surface area contributed by atoms with E-state index in [0.29, 0.717) is 16.6 Å². The lowest BCUT2D eigenvalue weighted by atomic mass is 10.2. The minimum absolute atomic E-state index is 0.0166. The van der Waals surface area contributed by atoms with Crippen molar-refractivity contribution in [2.75, 3.05) is 11.6 Å². The van der Waals surface area contributed by atoms with Crippen LogP contribution in [-0.2, 0) is 14.6 Å². The summed E-state index contributed by atoms with van der Waals surface area (Å²) in [4.78, 5) is 11.9. The fraction of sp³-hybridized carbons (Fsp3) is 0.417. The van der Waals surface area contributed by atoms with Crippen molar-refractivity contribution in [2.45, 2.75) is 18.2 Å². The van der Waals surface area contributed by atoms with E-state index in [1.807, 2.05) is 6.92 Å². The zero-order valence-corrected chi connectivity index (χ0v) is 11.7. The van der Waals surface area contributed by atoms with Crippen LogP contribution in [0.4, 0.5) is 5.69 Å². The highest BCUT2D eigenvalue weighted by Crippen LogP contribution is 2.39. The molecule has 98 valence electrons. The van der Waals surface area contributed by atoms with Gasteiger partial charge < -0.3 is 5.32 Å². The van der Waals surface area contributed by atoms with Crippen LogP contribution < -0.4 is 5.32 Å². The highest BCUT2D eigenvalue weighted by atomic mass is 35.5. The van der Waals surface area contributed by atoms with Gasteiger partial charge in [0.2, 0.25) is 5.91 Å². The number of amides is 1. The molecule has 0 saturated heterocycles. The molecule has 1 amide bonds. The molecule has 1 aliphatic rings. The van der Waals surface area contributed by atoms with Crippen molar-refractivity contribution in [1.29, 1.82) is 0 Å². The van der Waals surface area contributed by atoms with Gasteiger partial charge in [0.05, 0.1) is 15.6 Å². The molecule has 1 aliphatic carbocycles. The third kappa shape index (κ3) is 2.84. The number of sulfone groups is 1. The molecule has 4 nitrogen and oxygen atoms in total. The third-order valence-corrected chi connectivity index (χ3v) is 4.51. The first-order valence-corrected chi connectivity index (χ1v) is 7.86. The maximum absolute atomic E-state index is 11.8. The molecule has 0 aliphatic heterocycles. The van der Waals surface area contributed by atoms with Gasteiger partial charge in [-0.1, -0.05) is 18.5 Å². The number of nitrogens with one attached hydrogen (secondary N) is 1. The molecule has 0 aromatic heterocycles. The lowest BCUT2D eigenvalue weighted by Gasteiger charge is -2.08. The fourth-order valence-electron chi connectivity index (χ4n) is 1.74. The Kier molecular flexibility index (Phi) is 3.38.